The van der Waals surface area contributed by atoms with Crippen LogP contribution in [0, 0.1) is 0 Å². The van der Waals surface area contributed by atoms with E-state index in [-0.39, 0.29) is 0 Å². The Morgan fingerprint density at radius 1 is 0.957 bits per heavy atom. The predicted octanol–water partition coefficient (Wildman–Crippen LogP) is 6.12. The van der Waals surface area contributed by atoms with Gasteiger partial charge in [0, 0.05) is 0 Å². The topological polar surface area (TPSA) is 0 Å². The standard InChI is InChI=1S/C14H24N.C8H8/c1-6-12(3)13-8-10-14(11-9-13)15(4,5)7-2;1-2-8-6-4-3-5-7-8/h8-12H,6-7H2,1-5H3;2-7H,1H2/q+1;. The van der Waals surface area contributed by atoms with Crippen LogP contribution in [0.2, 0.25) is 0 Å². The van der Waals surface area contributed by atoms with Gasteiger partial charge in [-0.3, -0.25) is 4.48 Å². The van der Waals surface area contributed by atoms with Crippen LogP contribution in [-0.4, -0.2) is 20.6 Å². The van der Waals surface area contributed by atoms with Gasteiger partial charge in [0.15, 0.2) is 0 Å². The van der Waals surface area contributed by atoms with E-state index < -0.39 is 0 Å². The van der Waals surface area contributed by atoms with Crippen LogP contribution in [0.1, 0.15) is 44.2 Å². The zero-order valence-electron chi connectivity index (χ0n) is 15.4. The maximum absolute atomic E-state index is 3.63. The van der Waals surface area contributed by atoms with Crippen molar-refractivity contribution in [3.63, 3.8) is 0 Å². The quantitative estimate of drug-likeness (QED) is 0.584. The third kappa shape index (κ3) is 6.03. The summed E-state index contributed by atoms with van der Waals surface area (Å²) in [4.78, 5) is 0. The summed E-state index contributed by atoms with van der Waals surface area (Å²) in [5.41, 5.74) is 4.02. The van der Waals surface area contributed by atoms with Gasteiger partial charge in [0.1, 0.15) is 5.69 Å². The van der Waals surface area contributed by atoms with E-state index in [2.05, 4.69) is 65.7 Å². The molecule has 2 rings (SSSR count). The van der Waals surface area contributed by atoms with Gasteiger partial charge in [0.2, 0.25) is 0 Å². The SMILES string of the molecule is C=Cc1ccccc1.CCC(C)c1ccc([N+](C)(C)CC)cc1. The van der Waals surface area contributed by atoms with Gasteiger partial charge in [-0.25, -0.2) is 0 Å². The van der Waals surface area contributed by atoms with Crippen LogP contribution < -0.4 is 4.48 Å². The summed E-state index contributed by atoms with van der Waals surface area (Å²) in [7, 11) is 4.50. The molecular formula is C22H32N+. The van der Waals surface area contributed by atoms with Crippen molar-refractivity contribution in [2.75, 3.05) is 20.6 Å². The smallest absolute Gasteiger partial charge is 0.132 e. The van der Waals surface area contributed by atoms with E-state index in [1.165, 1.54) is 23.2 Å². The lowest BCUT2D eigenvalue weighted by Gasteiger charge is -2.27. The van der Waals surface area contributed by atoms with Gasteiger partial charge in [0.05, 0.1) is 20.6 Å². The summed E-state index contributed by atoms with van der Waals surface area (Å²) >= 11 is 0. The van der Waals surface area contributed by atoms with E-state index in [1.54, 1.807) is 0 Å². The van der Waals surface area contributed by atoms with Crippen LogP contribution in [0.3, 0.4) is 0 Å². The molecule has 0 aliphatic heterocycles. The molecule has 1 heteroatoms. The van der Waals surface area contributed by atoms with Gasteiger partial charge in [0.25, 0.3) is 0 Å². The van der Waals surface area contributed by atoms with Crippen LogP contribution in [0.15, 0.2) is 61.2 Å². The van der Waals surface area contributed by atoms with Crippen LogP contribution >= 0.6 is 0 Å². The Hall–Kier alpha value is -1.86. The Labute approximate surface area is 142 Å². The summed E-state index contributed by atoms with van der Waals surface area (Å²) in [6.07, 6.45) is 3.05. The number of hydrogen-bond acceptors (Lipinski definition) is 0. The summed E-state index contributed by atoms with van der Waals surface area (Å²) in [6.45, 7) is 11.5. The third-order valence-corrected chi connectivity index (χ3v) is 4.60. The Bertz CT molecular complexity index is 567. The zero-order chi connectivity index (χ0) is 17.3. The van der Waals surface area contributed by atoms with Crippen molar-refractivity contribution in [3.05, 3.63) is 72.3 Å². The molecule has 0 aromatic heterocycles. The number of rotatable bonds is 5. The van der Waals surface area contributed by atoms with Crippen LogP contribution in [-0.2, 0) is 0 Å². The highest BCUT2D eigenvalue weighted by Gasteiger charge is 2.15. The van der Waals surface area contributed by atoms with E-state index in [1.807, 2.05) is 36.4 Å². The molecule has 0 fully saturated rings. The molecule has 0 bridgehead atoms. The molecule has 0 aliphatic rings. The fourth-order valence-corrected chi connectivity index (χ4v) is 2.21. The minimum atomic E-state index is 0.677. The molecule has 0 N–H and O–H groups in total. The van der Waals surface area contributed by atoms with Gasteiger partial charge >= 0.3 is 0 Å². The Balaban J connectivity index is 0.000000277. The third-order valence-electron chi connectivity index (χ3n) is 4.60. The Kier molecular flexibility index (Phi) is 7.77. The lowest BCUT2D eigenvalue weighted by atomic mass is 9.98. The van der Waals surface area contributed by atoms with Crippen molar-refractivity contribution in [2.45, 2.75) is 33.1 Å². The average Bonchev–Trinajstić information content (AvgIpc) is 2.62. The van der Waals surface area contributed by atoms with E-state index in [4.69, 9.17) is 0 Å². The molecule has 2 aromatic carbocycles. The number of benzene rings is 2. The lowest BCUT2D eigenvalue weighted by molar-refractivity contribution is 0.420. The maximum Gasteiger partial charge on any atom is 0.132 e. The predicted molar refractivity (Wildman–Crippen MR) is 106 cm³/mol. The Morgan fingerprint density at radius 3 is 1.91 bits per heavy atom. The van der Waals surface area contributed by atoms with Crippen molar-refractivity contribution >= 4 is 11.8 Å². The van der Waals surface area contributed by atoms with E-state index in [0.29, 0.717) is 5.92 Å². The van der Waals surface area contributed by atoms with Gasteiger partial charge < -0.3 is 0 Å². The maximum atomic E-state index is 3.63. The molecule has 124 valence electrons. The molecule has 1 unspecified atom stereocenters. The molecule has 1 atom stereocenters. The number of quaternary nitrogens is 1. The molecule has 0 saturated carbocycles. The van der Waals surface area contributed by atoms with Crippen molar-refractivity contribution in [1.82, 2.24) is 4.48 Å². The summed E-state index contributed by atoms with van der Waals surface area (Å²) in [6, 6.07) is 19.1. The highest BCUT2D eigenvalue weighted by atomic mass is 15.3. The second-order valence-electron chi connectivity index (χ2n) is 6.52. The average molecular weight is 311 g/mol. The number of hydrogen-bond donors (Lipinski definition) is 0. The second-order valence-corrected chi connectivity index (χ2v) is 6.52. The van der Waals surface area contributed by atoms with Gasteiger partial charge in [-0.1, -0.05) is 69.0 Å². The molecule has 0 radical (unpaired) electrons. The highest BCUT2D eigenvalue weighted by Crippen LogP contribution is 2.24. The second kappa shape index (κ2) is 9.32. The molecule has 0 aliphatic carbocycles. The van der Waals surface area contributed by atoms with Gasteiger partial charge in [-0.2, -0.15) is 0 Å². The first-order chi connectivity index (χ1) is 10.9. The molecule has 0 heterocycles. The van der Waals surface area contributed by atoms with Crippen molar-refractivity contribution in [3.8, 4) is 0 Å². The number of nitrogens with zero attached hydrogens (tertiary/aromatic N) is 1. The molecule has 1 nitrogen and oxygen atoms in total. The molecule has 0 saturated heterocycles. The monoisotopic (exact) mass is 310 g/mol. The van der Waals surface area contributed by atoms with E-state index >= 15 is 0 Å². The van der Waals surface area contributed by atoms with Crippen molar-refractivity contribution in [1.29, 1.82) is 0 Å². The first kappa shape index (κ1) is 19.2. The summed E-state index contributed by atoms with van der Waals surface area (Å²) in [5.74, 6) is 0.677. The fraction of sp³-hybridized carbons (Fsp3) is 0.364. The highest BCUT2D eigenvalue weighted by molar-refractivity contribution is 5.45. The normalized spacial score (nSPS) is 12.0. The summed E-state index contributed by atoms with van der Waals surface area (Å²) < 4.78 is 0.959. The lowest BCUT2D eigenvalue weighted by Crippen LogP contribution is -2.39. The van der Waals surface area contributed by atoms with E-state index in [9.17, 15) is 0 Å². The molecule has 0 spiro atoms. The first-order valence-electron chi connectivity index (χ1n) is 8.55. The van der Waals surface area contributed by atoms with Gasteiger partial charge in [-0.05, 0) is 42.5 Å². The molecular weight excluding hydrogens is 278 g/mol. The largest absolute Gasteiger partial charge is 0.296 e. The summed E-state index contributed by atoms with van der Waals surface area (Å²) in [5, 5.41) is 0. The van der Waals surface area contributed by atoms with Gasteiger partial charge in [-0.15, -0.1) is 0 Å². The van der Waals surface area contributed by atoms with Crippen LogP contribution in [0.5, 0.6) is 0 Å². The van der Waals surface area contributed by atoms with E-state index in [0.717, 1.165) is 11.0 Å². The first-order valence-corrected chi connectivity index (χ1v) is 8.55. The fourth-order valence-electron chi connectivity index (χ4n) is 2.21. The minimum Gasteiger partial charge on any atom is -0.296 e. The Morgan fingerprint density at radius 2 is 1.52 bits per heavy atom. The minimum absolute atomic E-state index is 0.677. The molecule has 0 amide bonds. The van der Waals surface area contributed by atoms with Crippen molar-refractivity contribution < 1.29 is 0 Å². The zero-order valence-corrected chi connectivity index (χ0v) is 15.4. The van der Waals surface area contributed by atoms with Crippen LogP contribution in [0.4, 0.5) is 5.69 Å². The van der Waals surface area contributed by atoms with Crippen molar-refractivity contribution in [2.24, 2.45) is 0 Å². The molecule has 2 aromatic rings. The molecule has 23 heavy (non-hydrogen) atoms. The van der Waals surface area contributed by atoms with Crippen LogP contribution in [0.25, 0.3) is 6.08 Å².